The van der Waals surface area contributed by atoms with Crippen LogP contribution in [0.15, 0.2) is 28.8 Å². The number of hydrogen-bond acceptors (Lipinski definition) is 4. The zero-order chi connectivity index (χ0) is 17.0. The first-order valence-corrected chi connectivity index (χ1v) is 7.62. The number of aromatic nitrogens is 1. The summed E-state index contributed by atoms with van der Waals surface area (Å²) in [4.78, 5) is 11.6. The monoisotopic (exact) mass is 320 g/mol. The number of hydrogen-bond donors (Lipinski definition) is 2. The number of carboxylic acid groups (broad SMARTS) is 1. The first-order valence-electron chi connectivity index (χ1n) is 7.62. The van der Waals surface area contributed by atoms with Crippen LogP contribution in [0.5, 0.6) is 0 Å². The summed E-state index contributed by atoms with van der Waals surface area (Å²) in [6.45, 7) is 6.83. The quantitative estimate of drug-likeness (QED) is 0.810. The van der Waals surface area contributed by atoms with Gasteiger partial charge in [-0.25, -0.2) is 9.18 Å². The van der Waals surface area contributed by atoms with Crippen LogP contribution >= 0.6 is 0 Å². The van der Waals surface area contributed by atoms with Crippen LogP contribution in [0.2, 0.25) is 0 Å². The minimum atomic E-state index is -1.11. The van der Waals surface area contributed by atoms with Gasteiger partial charge in [-0.05, 0) is 50.1 Å². The molecule has 0 bridgehead atoms. The Balaban J connectivity index is 2.27. The maximum atomic E-state index is 13.0. The average molecular weight is 320 g/mol. The van der Waals surface area contributed by atoms with E-state index in [9.17, 15) is 14.3 Å². The van der Waals surface area contributed by atoms with Gasteiger partial charge in [0.05, 0.1) is 6.04 Å². The first kappa shape index (κ1) is 17.1. The second-order valence-electron chi connectivity index (χ2n) is 5.94. The average Bonchev–Trinajstić information content (AvgIpc) is 2.92. The molecule has 0 spiro atoms. The van der Waals surface area contributed by atoms with E-state index in [2.05, 4.69) is 24.3 Å². The van der Waals surface area contributed by atoms with Crippen LogP contribution in [0.3, 0.4) is 0 Å². The molecular weight excluding hydrogens is 299 g/mol. The zero-order valence-corrected chi connectivity index (χ0v) is 13.5. The summed E-state index contributed by atoms with van der Waals surface area (Å²) >= 11 is 0. The van der Waals surface area contributed by atoms with Crippen LogP contribution in [0.4, 0.5) is 4.39 Å². The number of carboxylic acids is 1. The molecule has 0 fully saturated rings. The van der Waals surface area contributed by atoms with Crippen molar-refractivity contribution in [2.45, 2.75) is 33.2 Å². The predicted octanol–water partition coefficient (Wildman–Crippen LogP) is 3.88. The fourth-order valence-electron chi connectivity index (χ4n) is 2.29. The summed E-state index contributed by atoms with van der Waals surface area (Å²) in [5.74, 6) is -0.671. The van der Waals surface area contributed by atoms with E-state index >= 15 is 0 Å². The van der Waals surface area contributed by atoms with Gasteiger partial charge in [0.15, 0.2) is 5.76 Å². The Morgan fingerprint density at radius 1 is 1.30 bits per heavy atom. The third-order valence-electron chi connectivity index (χ3n) is 3.62. The van der Waals surface area contributed by atoms with E-state index in [4.69, 9.17) is 4.52 Å². The summed E-state index contributed by atoms with van der Waals surface area (Å²) < 4.78 is 18.3. The first-order chi connectivity index (χ1) is 10.9. The van der Waals surface area contributed by atoms with E-state index in [1.807, 2.05) is 6.92 Å². The second kappa shape index (κ2) is 7.37. The SMILES string of the molecule is CC(C)CCN[C@H](C)c1onc(-c2ccc(F)cc2)c1C(=O)O. The molecule has 0 aliphatic rings. The van der Waals surface area contributed by atoms with Crippen LogP contribution in [0.1, 0.15) is 49.4 Å². The normalized spacial score (nSPS) is 12.6. The molecule has 0 aliphatic carbocycles. The molecule has 6 heteroatoms. The highest BCUT2D eigenvalue weighted by Crippen LogP contribution is 2.29. The minimum Gasteiger partial charge on any atom is -0.477 e. The van der Waals surface area contributed by atoms with Crippen molar-refractivity contribution in [3.8, 4) is 11.3 Å². The van der Waals surface area contributed by atoms with E-state index < -0.39 is 11.8 Å². The lowest BCUT2D eigenvalue weighted by atomic mass is 10.0. The van der Waals surface area contributed by atoms with Gasteiger partial charge in [-0.3, -0.25) is 0 Å². The molecule has 2 aromatic rings. The van der Waals surface area contributed by atoms with Gasteiger partial charge in [-0.15, -0.1) is 0 Å². The van der Waals surface area contributed by atoms with E-state index in [1.165, 1.54) is 24.3 Å². The minimum absolute atomic E-state index is 0.0150. The van der Waals surface area contributed by atoms with Crippen molar-refractivity contribution in [3.05, 3.63) is 41.4 Å². The molecule has 1 aromatic heterocycles. The lowest BCUT2D eigenvalue weighted by Crippen LogP contribution is -2.22. The molecule has 2 N–H and O–H groups in total. The topological polar surface area (TPSA) is 75.4 Å². The van der Waals surface area contributed by atoms with Gasteiger partial charge >= 0.3 is 5.97 Å². The molecule has 0 radical (unpaired) electrons. The maximum Gasteiger partial charge on any atom is 0.341 e. The van der Waals surface area contributed by atoms with Gasteiger partial charge < -0.3 is 14.9 Å². The van der Waals surface area contributed by atoms with Crippen molar-refractivity contribution in [1.82, 2.24) is 10.5 Å². The van der Waals surface area contributed by atoms with Crippen molar-refractivity contribution >= 4 is 5.97 Å². The Labute approximate surface area is 134 Å². The molecule has 5 nitrogen and oxygen atoms in total. The Morgan fingerprint density at radius 3 is 2.52 bits per heavy atom. The van der Waals surface area contributed by atoms with Gasteiger partial charge in [-0.1, -0.05) is 19.0 Å². The Kier molecular flexibility index (Phi) is 5.50. The third-order valence-corrected chi connectivity index (χ3v) is 3.62. The summed E-state index contributed by atoms with van der Waals surface area (Å²) in [7, 11) is 0. The second-order valence-corrected chi connectivity index (χ2v) is 5.94. The molecule has 1 aromatic carbocycles. The smallest absolute Gasteiger partial charge is 0.341 e. The molecular formula is C17H21FN2O3. The van der Waals surface area contributed by atoms with Crippen LogP contribution in [0.25, 0.3) is 11.3 Å². The van der Waals surface area contributed by atoms with Gasteiger partial charge in [0.2, 0.25) is 0 Å². The molecule has 0 unspecified atom stereocenters. The molecule has 0 saturated heterocycles. The van der Waals surface area contributed by atoms with Crippen molar-refractivity contribution in [1.29, 1.82) is 0 Å². The Hall–Kier alpha value is -2.21. The highest BCUT2D eigenvalue weighted by Gasteiger charge is 2.26. The predicted molar refractivity (Wildman–Crippen MR) is 84.7 cm³/mol. The fourth-order valence-corrected chi connectivity index (χ4v) is 2.29. The van der Waals surface area contributed by atoms with E-state index in [0.717, 1.165) is 13.0 Å². The fraction of sp³-hybridized carbons (Fsp3) is 0.412. The highest BCUT2D eigenvalue weighted by molar-refractivity contribution is 5.95. The van der Waals surface area contributed by atoms with E-state index in [1.54, 1.807) is 0 Å². The molecule has 2 rings (SSSR count). The number of aromatic carboxylic acids is 1. The number of carbonyl (C=O) groups is 1. The number of rotatable bonds is 7. The van der Waals surface area contributed by atoms with Gasteiger partial charge in [-0.2, -0.15) is 0 Å². The van der Waals surface area contributed by atoms with Gasteiger partial charge in [0, 0.05) is 5.56 Å². The van der Waals surface area contributed by atoms with E-state index in [0.29, 0.717) is 11.5 Å². The van der Waals surface area contributed by atoms with Gasteiger partial charge in [0.1, 0.15) is 17.1 Å². The Morgan fingerprint density at radius 2 is 1.96 bits per heavy atom. The number of nitrogens with zero attached hydrogens (tertiary/aromatic N) is 1. The van der Waals surface area contributed by atoms with Crippen molar-refractivity contribution < 1.29 is 18.8 Å². The molecule has 0 amide bonds. The molecule has 0 saturated carbocycles. The van der Waals surface area contributed by atoms with Crippen molar-refractivity contribution in [2.24, 2.45) is 5.92 Å². The lowest BCUT2D eigenvalue weighted by molar-refractivity contribution is 0.0694. The zero-order valence-electron chi connectivity index (χ0n) is 13.5. The third kappa shape index (κ3) is 4.16. The number of benzene rings is 1. The van der Waals surface area contributed by atoms with Crippen LogP contribution in [-0.4, -0.2) is 22.8 Å². The lowest BCUT2D eigenvalue weighted by Gasteiger charge is -2.12. The van der Waals surface area contributed by atoms with Crippen LogP contribution < -0.4 is 5.32 Å². The molecule has 23 heavy (non-hydrogen) atoms. The summed E-state index contributed by atoms with van der Waals surface area (Å²) in [5.41, 5.74) is 0.736. The molecule has 1 heterocycles. The van der Waals surface area contributed by atoms with Crippen LogP contribution in [-0.2, 0) is 0 Å². The standard InChI is InChI=1S/C17H21FN2O3/c1-10(2)8-9-19-11(3)16-14(17(21)22)15(20-23-16)12-4-6-13(18)7-5-12/h4-7,10-11,19H,8-9H2,1-3H3,(H,21,22)/t11-/m1/s1. The van der Waals surface area contributed by atoms with Gasteiger partial charge in [0.25, 0.3) is 0 Å². The summed E-state index contributed by atoms with van der Waals surface area (Å²) in [6.07, 6.45) is 0.978. The highest BCUT2D eigenvalue weighted by atomic mass is 19.1. The largest absolute Gasteiger partial charge is 0.477 e. The van der Waals surface area contributed by atoms with Crippen LogP contribution in [0, 0.1) is 11.7 Å². The van der Waals surface area contributed by atoms with E-state index in [-0.39, 0.29) is 23.1 Å². The Bertz CT molecular complexity index is 665. The molecule has 1 atom stereocenters. The maximum absolute atomic E-state index is 13.0. The summed E-state index contributed by atoms with van der Waals surface area (Å²) in [5, 5.41) is 16.6. The number of halogens is 1. The number of nitrogens with one attached hydrogen (secondary N) is 1. The summed E-state index contributed by atoms with van der Waals surface area (Å²) in [6, 6.07) is 5.22. The van der Waals surface area contributed by atoms with Crippen molar-refractivity contribution in [2.75, 3.05) is 6.54 Å². The molecule has 0 aliphatic heterocycles. The molecule has 124 valence electrons. The van der Waals surface area contributed by atoms with Crippen molar-refractivity contribution in [3.63, 3.8) is 0 Å².